The van der Waals surface area contributed by atoms with Gasteiger partial charge in [0.15, 0.2) is 0 Å². The fourth-order valence-electron chi connectivity index (χ4n) is 2.11. The van der Waals surface area contributed by atoms with E-state index < -0.39 is 23.8 Å². The van der Waals surface area contributed by atoms with Gasteiger partial charge in [-0.3, -0.25) is 19.1 Å². The summed E-state index contributed by atoms with van der Waals surface area (Å²) in [5.41, 5.74) is 5.89. The fraction of sp³-hybridized carbons (Fsp3) is 0.286. The Labute approximate surface area is 126 Å². The van der Waals surface area contributed by atoms with Gasteiger partial charge in [-0.05, 0) is 6.07 Å². The van der Waals surface area contributed by atoms with Gasteiger partial charge < -0.3 is 16.4 Å². The smallest absolute Gasteiger partial charge is 0.242 e. The first-order chi connectivity index (χ1) is 10.5. The summed E-state index contributed by atoms with van der Waals surface area (Å²) in [6.45, 7) is -0.0558. The van der Waals surface area contributed by atoms with Gasteiger partial charge in [-0.25, -0.2) is 0 Å². The van der Waals surface area contributed by atoms with Crippen molar-refractivity contribution in [2.75, 3.05) is 7.05 Å². The summed E-state index contributed by atoms with van der Waals surface area (Å²) in [7, 11) is 1.42. The summed E-state index contributed by atoms with van der Waals surface area (Å²) < 4.78 is 1.52. The molecule has 8 nitrogen and oxygen atoms in total. The van der Waals surface area contributed by atoms with Crippen LogP contribution in [0.2, 0.25) is 0 Å². The zero-order chi connectivity index (χ0) is 16.1. The van der Waals surface area contributed by atoms with Crippen LogP contribution in [0.5, 0.6) is 0 Å². The van der Waals surface area contributed by atoms with Crippen molar-refractivity contribution in [1.82, 2.24) is 20.4 Å². The van der Waals surface area contributed by atoms with Crippen molar-refractivity contribution in [2.45, 2.75) is 19.0 Å². The Kier molecular flexibility index (Phi) is 4.72. The van der Waals surface area contributed by atoms with E-state index in [-0.39, 0.29) is 13.0 Å². The SMILES string of the molecule is CNC(=O)[C@H](CC(N)=O)NC(=O)Cn1ncc2ccccc21. The van der Waals surface area contributed by atoms with Crippen LogP contribution in [0.1, 0.15) is 6.42 Å². The van der Waals surface area contributed by atoms with Gasteiger partial charge >= 0.3 is 0 Å². The molecule has 0 fully saturated rings. The maximum atomic E-state index is 12.1. The first-order valence-electron chi connectivity index (χ1n) is 6.71. The zero-order valence-corrected chi connectivity index (χ0v) is 12.1. The summed E-state index contributed by atoms with van der Waals surface area (Å²) in [5.74, 6) is -1.57. The molecular weight excluding hydrogens is 286 g/mol. The number of likely N-dealkylation sites (N-methyl/N-ethyl adjacent to an activating group) is 1. The van der Waals surface area contributed by atoms with Crippen LogP contribution >= 0.6 is 0 Å². The zero-order valence-electron chi connectivity index (χ0n) is 12.1. The van der Waals surface area contributed by atoms with Crippen LogP contribution in [0.25, 0.3) is 10.9 Å². The minimum atomic E-state index is -0.989. The van der Waals surface area contributed by atoms with Gasteiger partial charge in [0, 0.05) is 12.4 Å². The Morgan fingerprint density at radius 2 is 2.05 bits per heavy atom. The maximum absolute atomic E-state index is 12.1. The highest BCUT2D eigenvalue weighted by Crippen LogP contribution is 2.12. The van der Waals surface area contributed by atoms with Crippen molar-refractivity contribution in [3.8, 4) is 0 Å². The second-order valence-corrected chi connectivity index (χ2v) is 4.77. The van der Waals surface area contributed by atoms with Gasteiger partial charge in [0.25, 0.3) is 0 Å². The molecule has 0 radical (unpaired) electrons. The van der Waals surface area contributed by atoms with Crippen molar-refractivity contribution in [3.63, 3.8) is 0 Å². The van der Waals surface area contributed by atoms with Crippen molar-refractivity contribution in [2.24, 2.45) is 5.73 Å². The predicted molar refractivity (Wildman–Crippen MR) is 79.5 cm³/mol. The molecule has 1 heterocycles. The first-order valence-corrected chi connectivity index (χ1v) is 6.71. The molecule has 0 aliphatic carbocycles. The quantitative estimate of drug-likeness (QED) is 0.643. The Hall–Kier alpha value is -2.90. The van der Waals surface area contributed by atoms with E-state index in [0.29, 0.717) is 0 Å². The molecule has 1 atom stereocenters. The molecule has 1 aromatic carbocycles. The van der Waals surface area contributed by atoms with Gasteiger partial charge in [0.2, 0.25) is 17.7 Å². The highest BCUT2D eigenvalue weighted by atomic mass is 16.2. The number of rotatable bonds is 6. The molecule has 1 aromatic heterocycles. The van der Waals surface area contributed by atoms with E-state index in [1.165, 1.54) is 11.7 Å². The number of nitrogens with two attached hydrogens (primary N) is 1. The number of aromatic nitrogens is 2. The minimum absolute atomic E-state index is 0.0558. The van der Waals surface area contributed by atoms with E-state index in [2.05, 4.69) is 15.7 Å². The van der Waals surface area contributed by atoms with Crippen LogP contribution in [0.3, 0.4) is 0 Å². The number of hydrogen-bond acceptors (Lipinski definition) is 4. The van der Waals surface area contributed by atoms with Crippen molar-refractivity contribution < 1.29 is 14.4 Å². The summed E-state index contributed by atoms with van der Waals surface area (Å²) in [6, 6.07) is 6.46. The number of fused-ring (bicyclic) bond motifs is 1. The number of para-hydroxylation sites is 1. The molecule has 8 heteroatoms. The Morgan fingerprint density at radius 1 is 1.32 bits per heavy atom. The molecule has 2 aromatic rings. The van der Waals surface area contributed by atoms with Crippen molar-refractivity contribution in [1.29, 1.82) is 0 Å². The lowest BCUT2D eigenvalue weighted by Gasteiger charge is -2.15. The molecule has 0 aliphatic rings. The van der Waals surface area contributed by atoms with Gasteiger partial charge in [-0.15, -0.1) is 0 Å². The molecule has 4 N–H and O–H groups in total. The lowest BCUT2D eigenvalue weighted by atomic mass is 10.2. The molecule has 0 aliphatic heterocycles. The van der Waals surface area contributed by atoms with E-state index in [9.17, 15) is 14.4 Å². The lowest BCUT2D eigenvalue weighted by molar-refractivity contribution is -0.131. The number of carbonyl (C=O) groups excluding carboxylic acids is 3. The molecule has 2 rings (SSSR count). The second-order valence-electron chi connectivity index (χ2n) is 4.77. The molecule has 22 heavy (non-hydrogen) atoms. The average molecular weight is 303 g/mol. The Balaban J connectivity index is 2.07. The number of amides is 3. The molecule has 0 saturated carbocycles. The standard InChI is InChI=1S/C14H17N5O3/c1-16-14(22)10(6-12(15)20)18-13(21)8-19-11-5-3-2-4-9(11)7-17-19/h2-5,7,10H,6,8H2,1H3,(H2,15,20)(H,16,22)(H,18,21)/t10-/m0/s1. The molecule has 0 unspecified atom stereocenters. The third kappa shape index (κ3) is 3.60. The van der Waals surface area contributed by atoms with E-state index in [4.69, 9.17) is 5.73 Å². The van der Waals surface area contributed by atoms with Gasteiger partial charge in [-0.1, -0.05) is 18.2 Å². The normalized spacial score (nSPS) is 11.9. The summed E-state index contributed by atoms with van der Waals surface area (Å²) in [6.07, 6.45) is 1.40. The number of nitrogens with zero attached hydrogens (tertiary/aromatic N) is 2. The van der Waals surface area contributed by atoms with E-state index in [1.54, 1.807) is 6.20 Å². The van der Waals surface area contributed by atoms with Crippen molar-refractivity contribution >= 4 is 28.6 Å². The van der Waals surface area contributed by atoms with Gasteiger partial charge in [0.1, 0.15) is 12.6 Å². The van der Waals surface area contributed by atoms with Crippen LogP contribution in [-0.2, 0) is 20.9 Å². The highest BCUT2D eigenvalue weighted by molar-refractivity contribution is 5.91. The third-order valence-corrected chi connectivity index (χ3v) is 3.15. The molecule has 0 spiro atoms. The summed E-state index contributed by atoms with van der Waals surface area (Å²) >= 11 is 0. The summed E-state index contributed by atoms with van der Waals surface area (Å²) in [4.78, 5) is 34.7. The van der Waals surface area contributed by atoms with Crippen LogP contribution < -0.4 is 16.4 Å². The molecule has 0 saturated heterocycles. The van der Waals surface area contributed by atoms with E-state index in [1.807, 2.05) is 24.3 Å². The topological polar surface area (TPSA) is 119 Å². The molecule has 116 valence electrons. The third-order valence-electron chi connectivity index (χ3n) is 3.15. The van der Waals surface area contributed by atoms with Crippen LogP contribution in [0, 0.1) is 0 Å². The summed E-state index contributed by atoms with van der Waals surface area (Å²) in [5, 5.41) is 9.91. The van der Waals surface area contributed by atoms with Gasteiger partial charge in [-0.2, -0.15) is 5.10 Å². The molecule has 3 amide bonds. The number of primary amides is 1. The number of hydrogen-bond donors (Lipinski definition) is 3. The number of carbonyl (C=O) groups is 3. The fourth-order valence-corrected chi connectivity index (χ4v) is 2.11. The number of benzene rings is 1. The predicted octanol–water partition coefficient (Wildman–Crippen LogP) is -0.857. The van der Waals surface area contributed by atoms with E-state index in [0.717, 1.165) is 10.9 Å². The van der Waals surface area contributed by atoms with Crippen LogP contribution in [-0.4, -0.2) is 40.6 Å². The molecule has 0 bridgehead atoms. The van der Waals surface area contributed by atoms with Crippen LogP contribution in [0.15, 0.2) is 30.5 Å². The average Bonchev–Trinajstić information content (AvgIpc) is 2.88. The van der Waals surface area contributed by atoms with Crippen molar-refractivity contribution in [3.05, 3.63) is 30.5 Å². The Morgan fingerprint density at radius 3 is 2.73 bits per heavy atom. The minimum Gasteiger partial charge on any atom is -0.370 e. The first kappa shape index (κ1) is 15.5. The van der Waals surface area contributed by atoms with Gasteiger partial charge in [0.05, 0.1) is 18.1 Å². The van der Waals surface area contributed by atoms with E-state index >= 15 is 0 Å². The largest absolute Gasteiger partial charge is 0.370 e. The highest BCUT2D eigenvalue weighted by Gasteiger charge is 2.22. The molecular formula is C14H17N5O3. The number of nitrogens with one attached hydrogen (secondary N) is 2. The Bertz CT molecular complexity index is 709. The lowest BCUT2D eigenvalue weighted by Crippen LogP contribution is -2.48. The monoisotopic (exact) mass is 303 g/mol. The second kappa shape index (κ2) is 6.70. The maximum Gasteiger partial charge on any atom is 0.242 e. The van der Waals surface area contributed by atoms with Crippen LogP contribution in [0.4, 0.5) is 0 Å².